The molecule has 1 N–H and O–H groups in total. The number of rotatable bonds is 5. The summed E-state index contributed by atoms with van der Waals surface area (Å²) in [5.41, 5.74) is 0. The summed E-state index contributed by atoms with van der Waals surface area (Å²) in [6.45, 7) is 9.03. The molecule has 0 spiro atoms. The molecule has 0 aromatic carbocycles. The van der Waals surface area contributed by atoms with E-state index in [9.17, 15) is 4.80 Å². The number of hydrogen-bond acceptors (Lipinski definition) is 6. The first-order valence-electron chi connectivity index (χ1n) is 7.36. The van der Waals surface area contributed by atoms with Crippen LogP contribution in [0, 0.1) is 0 Å². The van der Waals surface area contributed by atoms with Crippen molar-refractivity contribution in [3.8, 4) is 0 Å². The van der Waals surface area contributed by atoms with Crippen LogP contribution in [0.15, 0.2) is 0 Å². The number of alkyl halides is 9. The molecule has 3 unspecified atom stereocenters. The minimum Gasteiger partial charge on any atom is -0.390 e. The topological polar surface area (TPSA) is 66.4 Å². The lowest BCUT2D eigenvalue weighted by Crippen LogP contribution is -2.69. The Kier molecular flexibility index (Phi) is 13.2. The van der Waals surface area contributed by atoms with Crippen LogP contribution < -0.4 is 0 Å². The molecule has 1 aliphatic heterocycles. The highest BCUT2D eigenvalue weighted by Gasteiger charge is 2.65. The van der Waals surface area contributed by atoms with Crippen LogP contribution in [-0.4, -0.2) is 38.4 Å². The van der Waals surface area contributed by atoms with E-state index in [2.05, 4.69) is 203 Å². The van der Waals surface area contributed by atoms with Crippen molar-refractivity contribution < 1.29 is 26.9 Å². The lowest BCUT2D eigenvalue weighted by atomic mass is 10.4. The Hall–Kier alpha value is 6.76. The van der Waals surface area contributed by atoms with Crippen molar-refractivity contribution in [2.24, 2.45) is 0 Å². The molecule has 0 amide bonds. The summed E-state index contributed by atoms with van der Waals surface area (Å²) >= 11 is 20.4. The molecule has 3 atom stereocenters. The lowest BCUT2D eigenvalue weighted by molar-refractivity contribution is -0.237. The van der Waals surface area contributed by atoms with Crippen molar-refractivity contribution in [3.63, 3.8) is 0 Å². The fourth-order valence-electron chi connectivity index (χ4n) is 2.18. The van der Waals surface area contributed by atoms with Gasteiger partial charge in [0, 0.05) is 13.1 Å². The predicted molar refractivity (Wildman–Crippen MR) is 192 cm³/mol. The maximum Gasteiger partial charge on any atom is 0.502 e. The summed E-state index contributed by atoms with van der Waals surface area (Å²) in [4.78, 5) is 11.0. The van der Waals surface area contributed by atoms with E-state index in [0.29, 0.717) is 0 Å². The van der Waals surface area contributed by atoms with Crippen LogP contribution in [0.4, 0.5) is 0 Å². The quantitative estimate of drug-likeness (QED) is 0.172. The monoisotopic (exact) mass is 1440 g/mol. The van der Waals surface area contributed by atoms with Crippen LogP contribution in [0.1, 0.15) is 20.8 Å². The molecule has 1 aliphatic rings. The van der Waals surface area contributed by atoms with E-state index in [1.54, 1.807) is 20.4 Å². The smallest absolute Gasteiger partial charge is 0.390 e. The van der Waals surface area contributed by atoms with Crippen LogP contribution in [0.3, 0.4) is 0 Å². The highest BCUT2D eigenvalue weighted by atomic mass is 127. The van der Waals surface area contributed by atoms with Gasteiger partial charge in [-0.3, -0.25) is 0 Å². The van der Waals surface area contributed by atoms with Gasteiger partial charge in [0.15, 0.2) is 10.4 Å². The SMILES string of the molecule is CC(O[Si]1(C)OC(C)(C(I)(I)I)O[Si](C)(O)OC(C)(C(I)(I)I)O1)C(I)(I)I. The number of hydrogen-bond donors (Lipinski definition) is 1. The molecule has 1 rings (SSSR count). The minimum atomic E-state index is -3.62. The molecule has 168 valence electrons. The van der Waals surface area contributed by atoms with Gasteiger partial charge in [-0.2, -0.15) is 0 Å². The average Bonchev–Trinajstić information content (AvgIpc) is 2.30. The highest BCUT2D eigenvalue weighted by Crippen LogP contribution is 2.55. The van der Waals surface area contributed by atoms with Gasteiger partial charge in [-0.15, -0.1) is 0 Å². The molecule has 1 heterocycles. The standard InChI is InChI=1S/C11H17I9O6Si2/c1-6(9(12,13)14)22-28(5)25-7(2,10(15,16)17)23-27(4,21)24-8(3,26-28)11(18,19)20/h6,21H,1-5H3. The van der Waals surface area contributed by atoms with Gasteiger partial charge in [-0.1, -0.05) is 67.8 Å². The van der Waals surface area contributed by atoms with Gasteiger partial charge < -0.3 is 26.9 Å². The van der Waals surface area contributed by atoms with Gasteiger partial charge >= 0.3 is 17.6 Å². The second kappa shape index (κ2) is 11.2. The fraction of sp³-hybridized carbons (Fsp3) is 1.00. The first-order chi connectivity index (χ1) is 12.0. The van der Waals surface area contributed by atoms with E-state index in [1.165, 1.54) is 0 Å². The summed E-state index contributed by atoms with van der Waals surface area (Å²) in [5.74, 6) is -2.39. The van der Waals surface area contributed by atoms with Gasteiger partial charge in [0.25, 0.3) is 0 Å². The van der Waals surface area contributed by atoms with Gasteiger partial charge in [0.2, 0.25) is 0 Å². The van der Waals surface area contributed by atoms with Crippen molar-refractivity contribution >= 4 is 221 Å². The molecule has 0 aromatic rings. The molecular weight excluding hydrogens is 1430 g/mol. The average molecular weight is 1440 g/mol. The Labute approximate surface area is 291 Å². The molecule has 17 heteroatoms. The van der Waals surface area contributed by atoms with Crippen LogP contribution in [-0.2, 0) is 22.1 Å². The van der Waals surface area contributed by atoms with Crippen LogP contribution in [0.5, 0.6) is 0 Å². The van der Waals surface area contributed by atoms with Crippen LogP contribution in [0.2, 0.25) is 13.1 Å². The van der Waals surface area contributed by atoms with E-state index in [-0.39, 0.29) is 5.54 Å². The fourth-order valence-corrected chi connectivity index (χ4v) is 11.9. The molecule has 1 saturated heterocycles. The van der Waals surface area contributed by atoms with Crippen molar-refractivity contribution in [2.75, 3.05) is 0 Å². The summed E-state index contributed by atoms with van der Waals surface area (Å²) in [6, 6.07) is 0. The van der Waals surface area contributed by atoms with Crippen molar-refractivity contribution in [2.45, 2.75) is 49.8 Å². The zero-order chi connectivity index (χ0) is 22.6. The van der Waals surface area contributed by atoms with E-state index in [0.717, 1.165) is 0 Å². The van der Waals surface area contributed by atoms with E-state index in [1.807, 2.05) is 13.5 Å². The minimum absolute atomic E-state index is 0.171. The van der Waals surface area contributed by atoms with Crippen LogP contribution in [0.25, 0.3) is 0 Å². The Bertz CT molecular complexity index is 546. The second-order valence-corrected chi connectivity index (χ2v) is 44.3. The molecule has 6 nitrogen and oxygen atoms in total. The molecular formula is C11H17I9O6Si2. The molecule has 0 saturated carbocycles. The summed E-state index contributed by atoms with van der Waals surface area (Å²) in [6.07, 6.45) is -0.171. The summed E-state index contributed by atoms with van der Waals surface area (Å²) < 4.78 is 30.6. The Morgan fingerprint density at radius 1 is 0.786 bits per heavy atom. The zero-order valence-electron chi connectivity index (χ0n) is 15.0. The van der Waals surface area contributed by atoms with Gasteiger partial charge in [-0.25, -0.2) is 0 Å². The lowest BCUT2D eigenvalue weighted by Gasteiger charge is -2.53. The molecule has 1 fully saturated rings. The van der Waals surface area contributed by atoms with Crippen molar-refractivity contribution in [3.05, 3.63) is 0 Å². The Balaban J connectivity index is 3.53. The van der Waals surface area contributed by atoms with Crippen LogP contribution >= 0.6 is 203 Å². The summed E-state index contributed by atoms with van der Waals surface area (Å²) in [7, 11) is -6.95. The first-order valence-corrected chi connectivity index (χ1v) is 21.6. The van der Waals surface area contributed by atoms with Gasteiger partial charge in [-0.05, 0) is 156 Å². The van der Waals surface area contributed by atoms with Gasteiger partial charge in [0.1, 0.15) is -0.565 Å². The third-order valence-corrected chi connectivity index (χ3v) is 15.8. The molecule has 0 bridgehead atoms. The van der Waals surface area contributed by atoms with Crippen molar-refractivity contribution in [1.82, 2.24) is 0 Å². The third-order valence-electron chi connectivity index (χ3n) is 3.41. The Morgan fingerprint density at radius 3 is 1.36 bits per heavy atom. The second-order valence-electron chi connectivity index (χ2n) is 6.36. The molecule has 0 radical (unpaired) electrons. The molecule has 0 aliphatic carbocycles. The van der Waals surface area contributed by atoms with Crippen molar-refractivity contribution in [1.29, 1.82) is 0 Å². The highest BCUT2D eigenvalue weighted by molar-refractivity contribution is 14.3. The predicted octanol–water partition coefficient (Wildman–Crippen LogP) is 7.91. The van der Waals surface area contributed by atoms with E-state index >= 15 is 0 Å². The summed E-state index contributed by atoms with van der Waals surface area (Å²) in [5, 5.41) is 0. The zero-order valence-corrected chi connectivity index (χ0v) is 36.4. The molecule has 0 aromatic heterocycles. The number of halogens is 9. The first kappa shape index (κ1) is 32.8. The third kappa shape index (κ3) is 9.26. The van der Waals surface area contributed by atoms with Gasteiger partial charge in [0.05, 0.1) is 6.10 Å². The maximum absolute atomic E-state index is 11.0. The normalized spacial score (nSPS) is 40.0. The van der Waals surface area contributed by atoms with E-state index < -0.39 is 28.1 Å². The Morgan fingerprint density at radius 2 is 1.11 bits per heavy atom. The largest absolute Gasteiger partial charge is 0.502 e. The molecule has 28 heavy (non-hydrogen) atoms. The van der Waals surface area contributed by atoms with E-state index in [4.69, 9.17) is 22.1 Å². The maximum atomic E-state index is 11.0.